The Morgan fingerprint density at radius 1 is 1.07 bits per heavy atom. The summed E-state index contributed by atoms with van der Waals surface area (Å²) in [5, 5.41) is 0. The molecule has 0 saturated heterocycles. The van der Waals surface area contributed by atoms with Crippen LogP contribution < -0.4 is 4.74 Å². The maximum absolute atomic E-state index is 5.46. The highest BCUT2D eigenvalue weighted by atomic mass is 79.9. The molecule has 0 bridgehead atoms. The summed E-state index contributed by atoms with van der Waals surface area (Å²) in [6, 6.07) is 9.27. The maximum Gasteiger partial charge on any atom is 0.222 e. The predicted molar refractivity (Wildman–Crippen MR) is 56.2 cm³/mol. The van der Waals surface area contributed by atoms with Crippen LogP contribution in [-0.4, -0.2) is 9.97 Å². The molecule has 70 valence electrons. The van der Waals surface area contributed by atoms with E-state index in [-0.39, 0.29) is 0 Å². The quantitative estimate of drug-likeness (QED) is 0.822. The van der Waals surface area contributed by atoms with Gasteiger partial charge in [0.1, 0.15) is 12.1 Å². The second-order valence-corrected chi connectivity index (χ2v) is 3.52. The number of hydrogen-bond donors (Lipinski definition) is 0. The van der Waals surface area contributed by atoms with Gasteiger partial charge in [0.25, 0.3) is 0 Å². The highest BCUT2D eigenvalue weighted by Crippen LogP contribution is 2.20. The van der Waals surface area contributed by atoms with Gasteiger partial charge in [0.05, 0.1) is 0 Å². The Hall–Kier alpha value is -1.42. The normalized spacial score (nSPS) is 9.79. The summed E-state index contributed by atoms with van der Waals surface area (Å²) in [7, 11) is 0. The molecule has 0 saturated carbocycles. The first-order valence-electron chi connectivity index (χ1n) is 4.04. The van der Waals surface area contributed by atoms with Crippen LogP contribution >= 0.6 is 15.9 Å². The van der Waals surface area contributed by atoms with Crippen molar-refractivity contribution in [2.24, 2.45) is 0 Å². The van der Waals surface area contributed by atoms with E-state index in [0.29, 0.717) is 5.88 Å². The van der Waals surface area contributed by atoms with Gasteiger partial charge >= 0.3 is 0 Å². The van der Waals surface area contributed by atoms with E-state index in [4.69, 9.17) is 4.74 Å². The van der Waals surface area contributed by atoms with Crippen molar-refractivity contribution in [3.05, 3.63) is 47.3 Å². The second-order valence-electron chi connectivity index (χ2n) is 2.60. The van der Waals surface area contributed by atoms with Gasteiger partial charge in [-0.15, -0.1) is 0 Å². The minimum Gasteiger partial charge on any atom is -0.439 e. The molecule has 0 fully saturated rings. The number of aromatic nitrogens is 2. The molecular formula is C10H7BrN2O. The van der Waals surface area contributed by atoms with Crippen LogP contribution in [0, 0.1) is 0 Å². The van der Waals surface area contributed by atoms with Gasteiger partial charge in [0.2, 0.25) is 5.88 Å². The Morgan fingerprint density at radius 2 is 1.86 bits per heavy atom. The van der Waals surface area contributed by atoms with Crippen molar-refractivity contribution in [2.45, 2.75) is 0 Å². The summed E-state index contributed by atoms with van der Waals surface area (Å²) in [5.41, 5.74) is 0. The van der Waals surface area contributed by atoms with E-state index < -0.39 is 0 Å². The third-order valence-electron chi connectivity index (χ3n) is 1.59. The van der Waals surface area contributed by atoms with Crippen LogP contribution in [0.5, 0.6) is 11.6 Å². The summed E-state index contributed by atoms with van der Waals surface area (Å²) in [6.07, 6.45) is 3.09. The SMILES string of the molecule is Brc1ccc(Oc2ccncn2)cc1. The van der Waals surface area contributed by atoms with E-state index in [1.807, 2.05) is 24.3 Å². The molecule has 0 aliphatic rings. The van der Waals surface area contributed by atoms with Crippen LogP contribution in [0.2, 0.25) is 0 Å². The molecule has 4 heteroatoms. The number of ether oxygens (including phenoxy) is 1. The summed E-state index contributed by atoms with van der Waals surface area (Å²) in [5.74, 6) is 1.30. The molecule has 0 atom stereocenters. The number of hydrogen-bond acceptors (Lipinski definition) is 3. The summed E-state index contributed by atoms with van der Waals surface area (Å²) < 4.78 is 6.48. The van der Waals surface area contributed by atoms with Crippen LogP contribution in [0.25, 0.3) is 0 Å². The zero-order valence-corrected chi connectivity index (χ0v) is 8.81. The monoisotopic (exact) mass is 250 g/mol. The van der Waals surface area contributed by atoms with Gasteiger partial charge in [-0.3, -0.25) is 0 Å². The first-order valence-corrected chi connectivity index (χ1v) is 4.83. The molecule has 14 heavy (non-hydrogen) atoms. The Labute approximate surface area is 89.9 Å². The smallest absolute Gasteiger partial charge is 0.222 e. The van der Waals surface area contributed by atoms with Crippen molar-refractivity contribution in [2.75, 3.05) is 0 Å². The standard InChI is InChI=1S/C10H7BrN2O/c11-8-1-3-9(4-2-8)14-10-5-6-12-7-13-10/h1-7H. The lowest BCUT2D eigenvalue weighted by Gasteiger charge is -2.02. The molecule has 3 nitrogen and oxygen atoms in total. The highest BCUT2D eigenvalue weighted by molar-refractivity contribution is 9.10. The summed E-state index contributed by atoms with van der Waals surface area (Å²) in [6.45, 7) is 0. The third kappa shape index (κ3) is 2.29. The van der Waals surface area contributed by atoms with Crippen LogP contribution in [0.3, 0.4) is 0 Å². The van der Waals surface area contributed by atoms with Crippen molar-refractivity contribution in [1.29, 1.82) is 0 Å². The number of nitrogens with zero attached hydrogens (tertiary/aromatic N) is 2. The molecule has 1 aromatic carbocycles. The molecule has 0 spiro atoms. The fourth-order valence-corrected chi connectivity index (χ4v) is 1.23. The average Bonchev–Trinajstić information content (AvgIpc) is 2.23. The molecule has 0 unspecified atom stereocenters. The highest BCUT2D eigenvalue weighted by Gasteiger charge is 1.96. The summed E-state index contributed by atoms with van der Waals surface area (Å²) in [4.78, 5) is 7.75. The largest absolute Gasteiger partial charge is 0.439 e. The van der Waals surface area contributed by atoms with Crippen LogP contribution in [0.4, 0.5) is 0 Å². The molecule has 0 aliphatic heterocycles. The molecule has 0 N–H and O–H groups in total. The van der Waals surface area contributed by atoms with Crippen molar-refractivity contribution >= 4 is 15.9 Å². The zero-order chi connectivity index (χ0) is 9.80. The van der Waals surface area contributed by atoms with Gasteiger partial charge in [-0.05, 0) is 24.3 Å². The lowest BCUT2D eigenvalue weighted by Crippen LogP contribution is -1.87. The second kappa shape index (κ2) is 4.19. The van der Waals surface area contributed by atoms with E-state index in [9.17, 15) is 0 Å². The maximum atomic E-state index is 5.46. The van der Waals surface area contributed by atoms with Gasteiger partial charge in [-0.1, -0.05) is 15.9 Å². The number of benzene rings is 1. The van der Waals surface area contributed by atoms with Crippen molar-refractivity contribution in [3.63, 3.8) is 0 Å². The Balaban J connectivity index is 2.16. The van der Waals surface area contributed by atoms with Crippen molar-refractivity contribution in [3.8, 4) is 11.6 Å². The minimum atomic E-state index is 0.544. The van der Waals surface area contributed by atoms with Crippen LogP contribution in [0.15, 0.2) is 47.3 Å². The van der Waals surface area contributed by atoms with E-state index in [1.54, 1.807) is 12.3 Å². The molecule has 1 heterocycles. The minimum absolute atomic E-state index is 0.544. The van der Waals surface area contributed by atoms with Crippen molar-refractivity contribution < 1.29 is 4.74 Å². The lowest BCUT2D eigenvalue weighted by molar-refractivity contribution is 0.461. The van der Waals surface area contributed by atoms with Gasteiger partial charge in [-0.25, -0.2) is 9.97 Å². The Bertz CT molecular complexity index is 402. The fraction of sp³-hybridized carbons (Fsp3) is 0. The van der Waals surface area contributed by atoms with Crippen molar-refractivity contribution in [1.82, 2.24) is 9.97 Å². The first kappa shape index (κ1) is 9.15. The number of halogens is 1. The molecular weight excluding hydrogens is 244 g/mol. The zero-order valence-electron chi connectivity index (χ0n) is 7.22. The van der Waals surface area contributed by atoms with Gasteiger partial charge in [0, 0.05) is 16.7 Å². The fourth-order valence-electron chi connectivity index (χ4n) is 0.962. The molecule has 0 amide bonds. The number of rotatable bonds is 2. The van der Waals surface area contributed by atoms with Gasteiger partial charge in [-0.2, -0.15) is 0 Å². The average molecular weight is 251 g/mol. The van der Waals surface area contributed by atoms with Gasteiger partial charge < -0.3 is 4.74 Å². The van der Waals surface area contributed by atoms with E-state index in [2.05, 4.69) is 25.9 Å². The van der Waals surface area contributed by atoms with Crippen LogP contribution in [-0.2, 0) is 0 Å². The molecule has 0 aliphatic carbocycles. The Morgan fingerprint density at radius 3 is 2.50 bits per heavy atom. The predicted octanol–water partition coefficient (Wildman–Crippen LogP) is 3.03. The summed E-state index contributed by atoms with van der Waals surface area (Å²) >= 11 is 3.35. The Kier molecular flexibility index (Phi) is 2.74. The lowest BCUT2D eigenvalue weighted by atomic mass is 10.3. The topological polar surface area (TPSA) is 35.0 Å². The van der Waals surface area contributed by atoms with Crippen LogP contribution in [0.1, 0.15) is 0 Å². The van der Waals surface area contributed by atoms with E-state index in [1.165, 1.54) is 6.33 Å². The molecule has 1 aromatic heterocycles. The molecule has 0 radical (unpaired) electrons. The molecule has 2 rings (SSSR count). The first-order chi connectivity index (χ1) is 6.84. The van der Waals surface area contributed by atoms with E-state index in [0.717, 1.165) is 10.2 Å². The molecule has 2 aromatic rings. The third-order valence-corrected chi connectivity index (χ3v) is 2.12. The van der Waals surface area contributed by atoms with Gasteiger partial charge in [0.15, 0.2) is 0 Å². The van der Waals surface area contributed by atoms with E-state index >= 15 is 0 Å².